The molecule has 112 valence electrons. The number of rotatable bonds is 6. The van der Waals surface area contributed by atoms with E-state index >= 15 is 0 Å². The summed E-state index contributed by atoms with van der Waals surface area (Å²) in [5.74, 6) is -1.23. The molecule has 0 aliphatic carbocycles. The molecule has 0 atom stereocenters. The standard InChI is InChI=1S/C13H19FN2O3S/c1-3-4-5-6-16(2)13(17)10-7-11(14)9-12(8-10)20(15,18)19/h7-9H,3-6H2,1-2H3,(H2,15,18,19). The Bertz CT molecular complexity index is 587. The molecule has 0 aliphatic heterocycles. The third-order valence-electron chi connectivity index (χ3n) is 2.89. The number of halogens is 1. The Kier molecular flexibility index (Phi) is 5.64. The third kappa shape index (κ3) is 4.57. The first-order valence-electron chi connectivity index (χ1n) is 6.34. The van der Waals surface area contributed by atoms with E-state index in [1.165, 1.54) is 4.90 Å². The average molecular weight is 302 g/mol. The summed E-state index contributed by atoms with van der Waals surface area (Å²) in [5, 5.41) is 4.95. The van der Waals surface area contributed by atoms with Crippen molar-refractivity contribution in [2.75, 3.05) is 13.6 Å². The highest BCUT2D eigenvalue weighted by molar-refractivity contribution is 7.89. The molecule has 0 fully saturated rings. The SMILES string of the molecule is CCCCCN(C)C(=O)c1cc(F)cc(S(N)(=O)=O)c1. The minimum atomic E-state index is -4.04. The predicted molar refractivity (Wildman–Crippen MR) is 74.3 cm³/mol. The highest BCUT2D eigenvalue weighted by Crippen LogP contribution is 2.15. The van der Waals surface area contributed by atoms with E-state index in [0.29, 0.717) is 6.54 Å². The summed E-state index contributed by atoms with van der Waals surface area (Å²) >= 11 is 0. The van der Waals surface area contributed by atoms with Crippen LogP contribution in [0.5, 0.6) is 0 Å². The van der Waals surface area contributed by atoms with Gasteiger partial charge in [-0.15, -0.1) is 0 Å². The minimum absolute atomic E-state index is 0.0203. The Morgan fingerprint density at radius 1 is 1.30 bits per heavy atom. The lowest BCUT2D eigenvalue weighted by Crippen LogP contribution is -2.28. The number of hydrogen-bond donors (Lipinski definition) is 1. The van der Waals surface area contributed by atoms with Crippen molar-refractivity contribution in [3.8, 4) is 0 Å². The second-order valence-corrected chi connectivity index (χ2v) is 6.22. The van der Waals surface area contributed by atoms with Gasteiger partial charge in [0.15, 0.2) is 0 Å². The Morgan fingerprint density at radius 2 is 1.95 bits per heavy atom. The second-order valence-electron chi connectivity index (χ2n) is 4.65. The van der Waals surface area contributed by atoms with E-state index in [0.717, 1.165) is 37.5 Å². The Balaban J connectivity index is 2.96. The molecule has 0 bridgehead atoms. The summed E-state index contributed by atoms with van der Waals surface area (Å²) in [6.07, 6.45) is 2.86. The molecule has 2 N–H and O–H groups in total. The Labute approximate surface area is 118 Å². The molecule has 0 heterocycles. The van der Waals surface area contributed by atoms with E-state index in [4.69, 9.17) is 5.14 Å². The van der Waals surface area contributed by atoms with Crippen LogP contribution >= 0.6 is 0 Å². The van der Waals surface area contributed by atoms with Gasteiger partial charge in [0.2, 0.25) is 10.0 Å². The zero-order chi connectivity index (χ0) is 15.3. The quantitative estimate of drug-likeness (QED) is 0.813. The first-order chi connectivity index (χ1) is 9.25. The second kappa shape index (κ2) is 6.81. The van der Waals surface area contributed by atoms with Crippen LogP contribution in [0.2, 0.25) is 0 Å². The van der Waals surface area contributed by atoms with Crippen molar-refractivity contribution in [3.63, 3.8) is 0 Å². The highest BCUT2D eigenvalue weighted by Gasteiger charge is 2.17. The van der Waals surface area contributed by atoms with Crippen LogP contribution in [0, 0.1) is 5.82 Å². The first-order valence-corrected chi connectivity index (χ1v) is 7.89. The monoisotopic (exact) mass is 302 g/mol. The Hall–Kier alpha value is -1.47. The van der Waals surface area contributed by atoms with Gasteiger partial charge in [0.25, 0.3) is 5.91 Å². The molecule has 0 spiro atoms. The molecule has 1 amide bonds. The van der Waals surface area contributed by atoms with E-state index in [2.05, 4.69) is 0 Å². The van der Waals surface area contributed by atoms with Gasteiger partial charge in [0, 0.05) is 19.2 Å². The summed E-state index contributed by atoms with van der Waals surface area (Å²) in [4.78, 5) is 13.1. The predicted octanol–water partition coefficient (Wildman–Crippen LogP) is 1.74. The van der Waals surface area contributed by atoms with Crippen molar-refractivity contribution in [2.45, 2.75) is 31.1 Å². The summed E-state index contributed by atoms with van der Waals surface area (Å²) in [5.41, 5.74) is -0.0203. The Morgan fingerprint density at radius 3 is 2.50 bits per heavy atom. The van der Waals surface area contributed by atoms with Crippen molar-refractivity contribution in [2.24, 2.45) is 5.14 Å². The fraction of sp³-hybridized carbons (Fsp3) is 0.462. The maximum Gasteiger partial charge on any atom is 0.253 e. The van der Waals surface area contributed by atoms with Gasteiger partial charge in [0.1, 0.15) is 5.82 Å². The number of hydrogen-bond acceptors (Lipinski definition) is 3. The number of benzene rings is 1. The number of unbranched alkanes of at least 4 members (excludes halogenated alkanes) is 2. The highest BCUT2D eigenvalue weighted by atomic mass is 32.2. The number of carbonyl (C=O) groups excluding carboxylic acids is 1. The number of carbonyl (C=O) groups is 1. The molecule has 1 aromatic rings. The molecular weight excluding hydrogens is 283 g/mol. The molecule has 0 aliphatic rings. The van der Waals surface area contributed by atoms with Crippen molar-refractivity contribution in [1.29, 1.82) is 0 Å². The van der Waals surface area contributed by atoms with Crippen LogP contribution in [0.25, 0.3) is 0 Å². The van der Waals surface area contributed by atoms with E-state index in [-0.39, 0.29) is 5.56 Å². The topological polar surface area (TPSA) is 80.5 Å². The van der Waals surface area contributed by atoms with Crippen molar-refractivity contribution >= 4 is 15.9 Å². The number of nitrogens with zero attached hydrogens (tertiary/aromatic N) is 1. The maximum absolute atomic E-state index is 13.4. The first kappa shape index (κ1) is 16.6. The molecule has 1 rings (SSSR count). The molecule has 0 unspecified atom stereocenters. The number of primary sulfonamides is 1. The van der Waals surface area contributed by atoms with E-state index in [9.17, 15) is 17.6 Å². The van der Waals surface area contributed by atoms with Gasteiger partial charge >= 0.3 is 0 Å². The van der Waals surface area contributed by atoms with E-state index < -0.39 is 26.6 Å². The van der Waals surface area contributed by atoms with Crippen molar-refractivity contribution in [1.82, 2.24) is 4.90 Å². The number of sulfonamides is 1. The van der Waals surface area contributed by atoms with Crippen molar-refractivity contribution in [3.05, 3.63) is 29.6 Å². The zero-order valence-electron chi connectivity index (χ0n) is 11.6. The van der Waals surface area contributed by atoms with Crippen LogP contribution in [-0.2, 0) is 10.0 Å². The normalized spacial score (nSPS) is 11.4. The molecule has 0 saturated heterocycles. The van der Waals surface area contributed by atoms with Crippen LogP contribution in [0.4, 0.5) is 4.39 Å². The summed E-state index contributed by atoms with van der Waals surface area (Å²) in [6, 6.07) is 2.90. The lowest BCUT2D eigenvalue weighted by molar-refractivity contribution is 0.0792. The van der Waals surface area contributed by atoms with Crippen LogP contribution < -0.4 is 5.14 Å². The molecule has 0 aromatic heterocycles. The van der Waals surface area contributed by atoms with Crippen LogP contribution in [-0.4, -0.2) is 32.8 Å². The lowest BCUT2D eigenvalue weighted by atomic mass is 10.2. The minimum Gasteiger partial charge on any atom is -0.342 e. The molecular formula is C13H19FN2O3S. The lowest BCUT2D eigenvalue weighted by Gasteiger charge is -2.17. The van der Waals surface area contributed by atoms with Crippen LogP contribution in [0.1, 0.15) is 36.5 Å². The molecule has 7 heteroatoms. The van der Waals surface area contributed by atoms with Gasteiger partial charge in [-0.1, -0.05) is 19.8 Å². The molecule has 5 nitrogen and oxygen atoms in total. The molecule has 1 aromatic carbocycles. The summed E-state index contributed by atoms with van der Waals surface area (Å²) in [7, 11) is -2.44. The third-order valence-corrected chi connectivity index (χ3v) is 3.78. The average Bonchev–Trinajstić information content (AvgIpc) is 2.36. The fourth-order valence-electron chi connectivity index (χ4n) is 1.77. The maximum atomic E-state index is 13.4. The number of nitrogens with two attached hydrogens (primary N) is 1. The van der Waals surface area contributed by atoms with Gasteiger partial charge in [0.05, 0.1) is 4.90 Å². The molecule has 0 radical (unpaired) electrons. The zero-order valence-corrected chi connectivity index (χ0v) is 12.4. The van der Waals surface area contributed by atoms with Crippen molar-refractivity contribution < 1.29 is 17.6 Å². The summed E-state index contributed by atoms with van der Waals surface area (Å²) < 4.78 is 35.9. The van der Waals surface area contributed by atoms with Gasteiger partial charge in [-0.3, -0.25) is 4.79 Å². The van der Waals surface area contributed by atoms with Gasteiger partial charge < -0.3 is 4.90 Å². The van der Waals surface area contributed by atoms with Gasteiger partial charge in [-0.05, 0) is 24.6 Å². The number of amides is 1. The van der Waals surface area contributed by atoms with Crippen LogP contribution in [0.3, 0.4) is 0 Å². The summed E-state index contributed by atoms with van der Waals surface area (Å²) in [6.45, 7) is 2.58. The van der Waals surface area contributed by atoms with E-state index in [1.807, 2.05) is 6.92 Å². The van der Waals surface area contributed by atoms with Gasteiger partial charge in [-0.2, -0.15) is 0 Å². The van der Waals surface area contributed by atoms with Crippen LogP contribution in [0.15, 0.2) is 23.1 Å². The fourth-order valence-corrected chi connectivity index (χ4v) is 2.34. The molecule has 20 heavy (non-hydrogen) atoms. The molecule has 0 saturated carbocycles. The van der Waals surface area contributed by atoms with E-state index in [1.54, 1.807) is 7.05 Å². The van der Waals surface area contributed by atoms with Gasteiger partial charge in [-0.25, -0.2) is 17.9 Å². The smallest absolute Gasteiger partial charge is 0.253 e. The largest absolute Gasteiger partial charge is 0.342 e.